The number of rotatable bonds is 6. The number of nitrogens with zero attached hydrogens (tertiary/aromatic N) is 3. The van der Waals surface area contributed by atoms with E-state index in [1.165, 1.54) is 30.1 Å². The number of amides is 1. The molecule has 0 aliphatic rings. The van der Waals surface area contributed by atoms with Gasteiger partial charge in [-0.25, -0.2) is 10.4 Å². The summed E-state index contributed by atoms with van der Waals surface area (Å²) in [6.07, 6.45) is -3.08. The molecule has 0 radical (unpaired) electrons. The molecule has 0 saturated heterocycles. The second-order valence-corrected chi connectivity index (χ2v) is 6.77. The number of aromatic nitrogens is 2. The van der Waals surface area contributed by atoms with E-state index in [1.807, 2.05) is 35.8 Å². The van der Waals surface area contributed by atoms with Crippen LogP contribution in [0.4, 0.5) is 13.2 Å². The maximum Gasteiger partial charge on any atom is 0.416 e. The first kappa shape index (κ1) is 19.9. The summed E-state index contributed by atoms with van der Waals surface area (Å²) in [6.45, 7) is 2.74. The number of hydrogen-bond donors (Lipinski definition) is 1. The topological polar surface area (TPSA) is 59.3 Å². The summed E-state index contributed by atoms with van der Waals surface area (Å²) in [7, 11) is 0. The summed E-state index contributed by atoms with van der Waals surface area (Å²) in [6, 6.07) is 12.3. The van der Waals surface area contributed by atoms with Crippen molar-refractivity contribution in [2.45, 2.75) is 24.8 Å². The monoisotopic (exact) mass is 406 g/mol. The van der Waals surface area contributed by atoms with Gasteiger partial charge in [-0.05, 0) is 36.8 Å². The summed E-state index contributed by atoms with van der Waals surface area (Å²) in [5.74, 6) is -0.212. The number of halogens is 3. The molecule has 146 valence electrons. The highest BCUT2D eigenvalue weighted by Gasteiger charge is 2.29. The molecule has 1 heterocycles. The first-order valence-corrected chi connectivity index (χ1v) is 9.44. The molecule has 5 nitrogen and oxygen atoms in total. The molecule has 1 aromatic heterocycles. The Kier molecular flexibility index (Phi) is 6.03. The minimum absolute atomic E-state index is 0.119. The lowest BCUT2D eigenvalue weighted by atomic mass is 10.1. The summed E-state index contributed by atoms with van der Waals surface area (Å²) in [5, 5.41) is 4.53. The van der Waals surface area contributed by atoms with Gasteiger partial charge in [0.15, 0.2) is 5.16 Å². The molecular weight excluding hydrogens is 389 g/mol. The number of benzene rings is 2. The Hall–Kier alpha value is -2.81. The lowest BCUT2D eigenvalue weighted by molar-refractivity contribution is -0.137. The van der Waals surface area contributed by atoms with Crippen molar-refractivity contribution in [1.82, 2.24) is 15.0 Å². The van der Waals surface area contributed by atoms with Crippen molar-refractivity contribution in [2.75, 3.05) is 5.75 Å². The van der Waals surface area contributed by atoms with Gasteiger partial charge in [-0.1, -0.05) is 36.0 Å². The zero-order valence-corrected chi connectivity index (χ0v) is 15.7. The zero-order valence-electron chi connectivity index (χ0n) is 14.9. The molecule has 0 saturated carbocycles. The maximum absolute atomic E-state index is 12.5. The summed E-state index contributed by atoms with van der Waals surface area (Å²) >= 11 is 1.30. The molecule has 0 bridgehead atoms. The van der Waals surface area contributed by atoms with Gasteiger partial charge >= 0.3 is 6.18 Å². The Balaban J connectivity index is 1.56. The fraction of sp³-hybridized carbons (Fsp3) is 0.211. The van der Waals surface area contributed by atoms with Crippen molar-refractivity contribution in [3.8, 4) is 0 Å². The number of thioether (sulfide) groups is 1. The first-order chi connectivity index (χ1) is 13.4. The quantitative estimate of drug-likeness (QED) is 0.377. The number of fused-ring (bicyclic) bond motifs is 1. The largest absolute Gasteiger partial charge is 0.416 e. The van der Waals surface area contributed by atoms with Gasteiger partial charge in [0.05, 0.1) is 28.6 Å². The number of para-hydroxylation sites is 2. The van der Waals surface area contributed by atoms with E-state index in [4.69, 9.17) is 0 Å². The molecule has 3 aromatic rings. The van der Waals surface area contributed by atoms with Gasteiger partial charge < -0.3 is 4.57 Å². The number of carbonyl (C=O) groups excluding carboxylic acids is 1. The van der Waals surface area contributed by atoms with Gasteiger partial charge in [-0.3, -0.25) is 4.79 Å². The smallest absolute Gasteiger partial charge is 0.319 e. The maximum atomic E-state index is 12.5. The van der Waals surface area contributed by atoms with Gasteiger partial charge in [0.25, 0.3) is 5.91 Å². The molecule has 9 heteroatoms. The number of carbonyl (C=O) groups is 1. The van der Waals surface area contributed by atoms with Gasteiger partial charge in [0.1, 0.15) is 0 Å². The molecule has 0 fully saturated rings. The Morgan fingerprint density at radius 2 is 1.93 bits per heavy atom. The molecule has 1 N–H and O–H groups in total. The van der Waals surface area contributed by atoms with Crippen LogP contribution in [0.2, 0.25) is 0 Å². The molecule has 2 aromatic carbocycles. The van der Waals surface area contributed by atoms with Crippen LogP contribution >= 0.6 is 11.8 Å². The average Bonchev–Trinajstić information content (AvgIpc) is 3.03. The fourth-order valence-corrected chi connectivity index (χ4v) is 3.44. The lowest BCUT2D eigenvalue weighted by Gasteiger charge is -2.06. The van der Waals surface area contributed by atoms with Crippen LogP contribution in [0, 0.1) is 0 Å². The van der Waals surface area contributed by atoms with E-state index in [9.17, 15) is 18.0 Å². The third-order valence-electron chi connectivity index (χ3n) is 3.91. The Bertz CT molecular complexity index is 997. The average molecular weight is 406 g/mol. The van der Waals surface area contributed by atoms with Gasteiger partial charge in [-0.15, -0.1) is 0 Å². The van der Waals surface area contributed by atoms with E-state index in [0.29, 0.717) is 5.56 Å². The van der Waals surface area contributed by atoms with Crippen LogP contribution < -0.4 is 5.43 Å². The van der Waals surface area contributed by atoms with Crippen LogP contribution in [0.3, 0.4) is 0 Å². The van der Waals surface area contributed by atoms with Crippen LogP contribution in [-0.4, -0.2) is 27.4 Å². The number of nitrogens with one attached hydrogen (secondary N) is 1. The van der Waals surface area contributed by atoms with Crippen molar-refractivity contribution < 1.29 is 18.0 Å². The molecule has 3 rings (SSSR count). The van der Waals surface area contributed by atoms with Crippen LogP contribution in [0.1, 0.15) is 18.1 Å². The number of hydrogen-bond acceptors (Lipinski definition) is 4. The van der Waals surface area contributed by atoms with Crippen LogP contribution in [0.25, 0.3) is 11.0 Å². The molecule has 0 spiro atoms. The van der Waals surface area contributed by atoms with Crippen molar-refractivity contribution in [3.05, 3.63) is 59.7 Å². The normalized spacial score (nSPS) is 12.0. The highest BCUT2D eigenvalue weighted by molar-refractivity contribution is 7.99. The van der Waals surface area contributed by atoms with Gasteiger partial charge in [0.2, 0.25) is 0 Å². The number of hydrazone groups is 1. The molecule has 0 atom stereocenters. The third-order valence-corrected chi connectivity index (χ3v) is 4.89. The minimum Gasteiger partial charge on any atom is -0.319 e. The molecule has 0 aliphatic heterocycles. The molecule has 1 amide bonds. The Morgan fingerprint density at radius 1 is 1.21 bits per heavy atom. The zero-order chi connectivity index (χ0) is 20.1. The SMILES string of the molecule is CCn1c(SCC(=O)N/N=C/c2ccc(C(F)(F)F)cc2)nc2ccccc21. The van der Waals surface area contributed by atoms with Gasteiger partial charge in [-0.2, -0.15) is 18.3 Å². The van der Waals surface area contributed by atoms with E-state index in [2.05, 4.69) is 15.5 Å². The molecule has 0 aliphatic carbocycles. The standard InChI is InChI=1S/C19H17F3N4OS/c1-2-26-16-6-4-3-5-15(16)24-18(26)28-12-17(27)25-23-11-13-7-9-14(10-8-13)19(20,21)22/h3-11H,2,12H2,1H3,(H,25,27)/b23-11+. The first-order valence-electron chi connectivity index (χ1n) is 8.45. The molecular formula is C19H17F3N4OS. The third kappa shape index (κ3) is 4.72. The molecule has 28 heavy (non-hydrogen) atoms. The van der Waals surface area contributed by atoms with E-state index in [1.54, 1.807) is 0 Å². The predicted octanol–water partition coefficient (Wildman–Crippen LogP) is 4.32. The van der Waals surface area contributed by atoms with Crippen molar-refractivity contribution in [3.63, 3.8) is 0 Å². The van der Waals surface area contributed by atoms with Crippen LogP contribution in [0.5, 0.6) is 0 Å². The second-order valence-electron chi connectivity index (χ2n) is 5.83. The van der Waals surface area contributed by atoms with Crippen molar-refractivity contribution >= 4 is 34.9 Å². The number of aryl methyl sites for hydroxylation is 1. The van der Waals surface area contributed by atoms with Crippen molar-refractivity contribution in [2.24, 2.45) is 5.10 Å². The van der Waals surface area contributed by atoms with Crippen LogP contribution in [-0.2, 0) is 17.5 Å². The van der Waals surface area contributed by atoms with E-state index >= 15 is 0 Å². The van der Waals surface area contributed by atoms with E-state index in [0.717, 1.165) is 34.9 Å². The van der Waals surface area contributed by atoms with Crippen molar-refractivity contribution in [1.29, 1.82) is 0 Å². The van der Waals surface area contributed by atoms with Crippen LogP contribution in [0.15, 0.2) is 58.8 Å². The fourth-order valence-electron chi connectivity index (χ4n) is 2.57. The second kappa shape index (κ2) is 8.47. The van der Waals surface area contributed by atoms with E-state index in [-0.39, 0.29) is 11.7 Å². The Labute approximate surface area is 163 Å². The predicted molar refractivity (Wildman–Crippen MR) is 103 cm³/mol. The summed E-state index contributed by atoms with van der Waals surface area (Å²) in [5.41, 5.74) is 3.96. The van der Waals surface area contributed by atoms with E-state index < -0.39 is 11.7 Å². The number of imidazole rings is 1. The Morgan fingerprint density at radius 3 is 2.61 bits per heavy atom. The molecule has 0 unspecified atom stereocenters. The van der Waals surface area contributed by atoms with Gasteiger partial charge in [0, 0.05) is 6.54 Å². The highest BCUT2D eigenvalue weighted by Crippen LogP contribution is 2.29. The lowest BCUT2D eigenvalue weighted by Crippen LogP contribution is -2.20. The summed E-state index contributed by atoms with van der Waals surface area (Å²) in [4.78, 5) is 16.5. The number of alkyl halides is 3. The summed E-state index contributed by atoms with van der Waals surface area (Å²) < 4.78 is 39.6. The minimum atomic E-state index is -4.38. The highest BCUT2D eigenvalue weighted by atomic mass is 32.2.